The van der Waals surface area contributed by atoms with Gasteiger partial charge in [-0.25, -0.2) is 4.90 Å². The van der Waals surface area contributed by atoms with Gasteiger partial charge in [0.15, 0.2) is 0 Å². The monoisotopic (exact) mass is 426 g/mol. The lowest BCUT2D eigenvalue weighted by Crippen LogP contribution is -2.32. The molecule has 0 saturated heterocycles. The quantitative estimate of drug-likeness (QED) is 0.536. The fourth-order valence-electron chi connectivity index (χ4n) is 3.69. The summed E-state index contributed by atoms with van der Waals surface area (Å²) in [7, 11) is 0. The summed E-state index contributed by atoms with van der Waals surface area (Å²) >= 11 is 0. The van der Waals surface area contributed by atoms with Gasteiger partial charge in [0.05, 0.1) is 17.9 Å². The Bertz CT molecular complexity index is 1210. The maximum atomic E-state index is 13.5. The second kappa shape index (κ2) is 8.71. The molecule has 162 valence electrons. The van der Waals surface area contributed by atoms with Crippen molar-refractivity contribution < 1.29 is 14.3 Å². The molecule has 0 saturated carbocycles. The zero-order valence-electron chi connectivity index (χ0n) is 18.7. The predicted octanol–water partition coefficient (Wildman–Crippen LogP) is 5.41. The molecule has 0 unspecified atom stereocenters. The summed E-state index contributed by atoms with van der Waals surface area (Å²) in [5.41, 5.74) is 5.90. The minimum Gasteiger partial charge on any atom is -0.494 e. The van der Waals surface area contributed by atoms with Crippen molar-refractivity contribution in [1.82, 2.24) is 0 Å². The van der Waals surface area contributed by atoms with E-state index < -0.39 is 0 Å². The van der Waals surface area contributed by atoms with E-state index in [1.807, 2.05) is 82.3 Å². The molecule has 0 fully saturated rings. The van der Waals surface area contributed by atoms with Gasteiger partial charge in [-0.15, -0.1) is 0 Å². The van der Waals surface area contributed by atoms with E-state index in [1.54, 1.807) is 12.1 Å². The van der Waals surface area contributed by atoms with Crippen LogP contribution in [-0.4, -0.2) is 18.4 Å². The van der Waals surface area contributed by atoms with E-state index in [0.29, 0.717) is 29.2 Å². The summed E-state index contributed by atoms with van der Waals surface area (Å²) < 4.78 is 5.53. The van der Waals surface area contributed by atoms with Gasteiger partial charge in [-0.3, -0.25) is 9.59 Å². The van der Waals surface area contributed by atoms with Crippen molar-refractivity contribution in [2.24, 2.45) is 0 Å². The number of rotatable bonds is 6. The third-order valence-corrected chi connectivity index (χ3v) is 5.61. The molecule has 3 aromatic rings. The van der Waals surface area contributed by atoms with E-state index in [0.717, 1.165) is 22.4 Å². The van der Waals surface area contributed by atoms with Gasteiger partial charge >= 0.3 is 0 Å². The van der Waals surface area contributed by atoms with Crippen LogP contribution >= 0.6 is 0 Å². The van der Waals surface area contributed by atoms with Crippen LogP contribution in [-0.2, 0) is 9.59 Å². The van der Waals surface area contributed by atoms with Gasteiger partial charge < -0.3 is 10.1 Å². The number of imide groups is 1. The highest BCUT2D eigenvalue weighted by Gasteiger charge is 2.40. The van der Waals surface area contributed by atoms with E-state index in [2.05, 4.69) is 5.32 Å². The van der Waals surface area contributed by atoms with E-state index >= 15 is 0 Å². The SMILES string of the molecule is CCOc1ccc(C2=C(Nc3ccc(C)c(C)c3)C(=O)N(c3ccc(C)cc3)C2=O)cc1. The molecule has 0 atom stereocenters. The van der Waals surface area contributed by atoms with E-state index in [9.17, 15) is 9.59 Å². The number of hydrogen-bond donors (Lipinski definition) is 1. The first-order valence-electron chi connectivity index (χ1n) is 10.7. The average Bonchev–Trinajstić information content (AvgIpc) is 3.02. The van der Waals surface area contributed by atoms with Gasteiger partial charge in [-0.05, 0) is 80.8 Å². The first kappa shape index (κ1) is 21.4. The lowest BCUT2D eigenvalue weighted by atomic mass is 10.0. The Morgan fingerprint density at radius 3 is 2.12 bits per heavy atom. The molecule has 0 bridgehead atoms. The fourth-order valence-corrected chi connectivity index (χ4v) is 3.69. The molecule has 0 radical (unpaired) electrons. The first-order chi connectivity index (χ1) is 15.4. The molecule has 4 rings (SSSR count). The number of nitrogens with one attached hydrogen (secondary N) is 1. The third kappa shape index (κ3) is 4.02. The normalized spacial score (nSPS) is 13.7. The van der Waals surface area contributed by atoms with Crippen molar-refractivity contribution in [3.63, 3.8) is 0 Å². The van der Waals surface area contributed by atoms with Crippen LogP contribution in [0.3, 0.4) is 0 Å². The highest BCUT2D eigenvalue weighted by atomic mass is 16.5. The van der Waals surface area contributed by atoms with Crippen molar-refractivity contribution in [2.45, 2.75) is 27.7 Å². The Hall–Kier alpha value is -3.86. The van der Waals surface area contributed by atoms with Crippen molar-refractivity contribution in [3.05, 3.63) is 94.7 Å². The molecule has 3 aromatic carbocycles. The number of carbonyl (C=O) groups is 2. The van der Waals surface area contributed by atoms with Crippen LogP contribution in [0.1, 0.15) is 29.2 Å². The number of amides is 2. The van der Waals surface area contributed by atoms with Crippen LogP contribution in [0.15, 0.2) is 72.4 Å². The van der Waals surface area contributed by atoms with Crippen molar-refractivity contribution in [1.29, 1.82) is 0 Å². The summed E-state index contributed by atoms with van der Waals surface area (Å²) in [4.78, 5) is 28.2. The Labute approximate surface area is 188 Å². The second-order valence-electron chi connectivity index (χ2n) is 7.91. The van der Waals surface area contributed by atoms with Gasteiger partial charge in [0.25, 0.3) is 11.8 Å². The van der Waals surface area contributed by atoms with Crippen molar-refractivity contribution >= 4 is 28.8 Å². The topological polar surface area (TPSA) is 58.6 Å². The van der Waals surface area contributed by atoms with E-state index in [4.69, 9.17) is 4.74 Å². The van der Waals surface area contributed by atoms with Gasteiger partial charge in [0, 0.05) is 5.69 Å². The van der Waals surface area contributed by atoms with Crippen molar-refractivity contribution in [3.8, 4) is 5.75 Å². The molecule has 5 nitrogen and oxygen atoms in total. The fraction of sp³-hybridized carbons (Fsp3) is 0.185. The summed E-state index contributed by atoms with van der Waals surface area (Å²) in [6.45, 7) is 8.49. The molecule has 0 aromatic heterocycles. The molecule has 5 heteroatoms. The van der Waals surface area contributed by atoms with Crippen LogP contribution in [0.2, 0.25) is 0 Å². The predicted molar refractivity (Wildman–Crippen MR) is 128 cm³/mol. The maximum Gasteiger partial charge on any atom is 0.282 e. The molecular weight excluding hydrogens is 400 g/mol. The number of aryl methyl sites for hydroxylation is 3. The lowest BCUT2D eigenvalue weighted by molar-refractivity contribution is -0.120. The molecule has 0 spiro atoms. The molecular formula is C27H26N2O3. The minimum atomic E-state index is -0.374. The van der Waals surface area contributed by atoms with Gasteiger partial charge in [0.1, 0.15) is 11.4 Å². The number of ether oxygens (including phenoxy) is 1. The summed E-state index contributed by atoms with van der Waals surface area (Å²) in [6.07, 6.45) is 0. The Kier molecular flexibility index (Phi) is 5.82. The number of benzene rings is 3. The van der Waals surface area contributed by atoms with Crippen molar-refractivity contribution in [2.75, 3.05) is 16.8 Å². The number of nitrogens with zero attached hydrogens (tertiary/aromatic N) is 1. The summed E-state index contributed by atoms with van der Waals surface area (Å²) in [5.74, 6) is -0.0111. The number of hydrogen-bond acceptors (Lipinski definition) is 4. The van der Waals surface area contributed by atoms with Crippen LogP contribution in [0.25, 0.3) is 5.57 Å². The highest BCUT2D eigenvalue weighted by Crippen LogP contribution is 2.34. The van der Waals surface area contributed by atoms with E-state index in [1.165, 1.54) is 4.90 Å². The van der Waals surface area contributed by atoms with Gasteiger partial charge in [-0.2, -0.15) is 0 Å². The maximum absolute atomic E-state index is 13.5. The smallest absolute Gasteiger partial charge is 0.282 e. The van der Waals surface area contributed by atoms with Crippen LogP contribution < -0.4 is 15.0 Å². The Morgan fingerprint density at radius 1 is 0.812 bits per heavy atom. The summed E-state index contributed by atoms with van der Waals surface area (Å²) in [6, 6.07) is 20.5. The van der Waals surface area contributed by atoms with Gasteiger partial charge in [0.2, 0.25) is 0 Å². The molecule has 1 aliphatic heterocycles. The summed E-state index contributed by atoms with van der Waals surface area (Å²) in [5, 5.41) is 3.22. The average molecular weight is 427 g/mol. The number of carbonyl (C=O) groups excluding carboxylic acids is 2. The lowest BCUT2D eigenvalue weighted by Gasteiger charge is -2.16. The molecule has 1 aliphatic rings. The third-order valence-electron chi connectivity index (χ3n) is 5.61. The zero-order valence-corrected chi connectivity index (χ0v) is 18.7. The minimum absolute atomic E-state index is 0.267. The Balaban J connectivity index is 1.79. The molecule has 2 amide bonds. The molecule has 1 N–H and O–H groups in total. The molecule has 1 heterocycles. The highest BCUT2D eigenvalue weighted by molar-refractivity contribution is 6.46. The zero-order chi connectivity index (χ0) is 22.8. The largest absolute Gasteiger partial charge is 0.494 e. The van der Waals surface area contributed by atoms with Crippen LogP contribution in [0, 0.1) is 20.8 Å². The first-order valence-corrected chi connectivity index (χ1v) is 10.7. The van der Waals surface area contributed by atoms with Crippen LogP contribution in [0.5, 0.6) is 5.75 Å². The number of anilines is 2. The second-order valence-corrected chi connectivity index (χ2v) is 7.91. The van der Waals surface area contributed by atoms with Gasteiger partial charge in [-0.1, -0.05) is 35.9 Å². The molecule has 0 aliphatic carbocycles. The standard InChI is InChI=1S/C27H26N2O3/c1-5-32-23-14-9-20(10-15-23)24-25(28-21-11-8-18(3)19(4)16-21)27(31)29(26(24)30)22-12-6-17(2)7-13-22/h6-16,28H,5H2,1-4H3. The molecule has 32 heavy (non-hydrogen) atoms. The van der Waals surface area contributed by atoms with Crippen LogP contribution in [0.4, 0.5) is 11.4 Å². The van der Waals surface area contributed by atoms with E-state index in [-0.39, 0.29) is 17.5 Å². The Morgan fingerprint density at radius 2 is 1.50 bits per heavy atom.